The zero-order valence-electron chi connectivity index (χ0n) is 6.15. The highest BCUT2D eigenvalue weighted by Crippen LogP contribution is 1.89. The van der Waals surface area contributed by atoms with Crippen molar-refractivity contribution in [3.8, 4) is 0 Å². The molecule has 0 radical (unpaired) electrons. The van der Waals surface area contributed by atoms with Crippen LogP contribution in [0.3, 0.4) is 0 Å². The van der Waals surface area contributed by atoms with Crippen molar-refractivity contribution in [2.75, 3.05) is 0 Å². The fraction of sp³-hybridized carbons (Fsp3) is 0.667. The molecule has 0 bridgehead atoms. The lowest BCUT2D eigenvalue weighted by molar-refractivity contribution is -0.138. The number of hydrogen-bond acceptors (Lipinski definition) is 4. The zero-order chi connectivity index (χ0) is 8.85. The lowest BCUT2D eigenvalue weighted by atomic mass is 10.2. The minimum absolute atomic E-state index is 0.311. The number of hydrogen-bond donors (Lipinski definition) is 3. The van der Waals surface area contributed by atoms with E-state index in [2.05, 4.69) is 5.32 Å². The molecule has 0 heterocycles. The monoisotopic (exact) mass is 161 g/mol. The number of carboxylic acids is 1. The van der Waals surface area contributed by atoms with Gasteiger partial charge in [0.1, 0.15) is 12.5 Å². The van der Waals surface area contributed by atoms with Gasteiger partial charge in [0.15, 0.2) is 0 Å². The molecule has 0 rings (SSSR count). The van der Waals surface area contributed by atoms with E-state index in [0.29, 0.717) is 6.29 Å². The molecule has 0 aromatic carbocycles. The molecular formula is C6H11NO4. The molecule has 11 heavy (non-hydrogen) atoms. The van der Waals surface area contributed by atoms with Crippen LogP contribution in [0, 0.1) is 0 Å². The molecule has 0 aliphatic carbocycles. The van der Waals surface area contributed by atoms with Crippen molar-refractivity contribution in [2.45, 2.75) is 25.6 Å². The molecule has 0 spiro atoms. The number of aliphatic carboxylic acids is 1. The standard InChI is InChI=1S/C6H11NO4/c1-4(9)7-5(3-8)2-6(10)11/h3-5,7,9H,2H2,1H3,(H,10,11)/t4-,5-/m0/s1. The van der Waals surface area contributed by atoms with Crippen molar-refractivity contribution in [1.29, 1.82) is 0 Å². The van der Waals surface area contributed by atoms with Gasteiger partial charge in [-0.2, -0.15) is 0 Å². The van der Waals surface area contributed by atoms with Gasteiger partial charge in [0, 0.05) is 0 Å². The minimum atomic E-state index is -1.07. The molecule has 0 amide bonds. The Balaban J connectivity index is 3.76. The summed E-state index contributed by atoms with van der Waals surface area (Å²) in [5.41, 5.74) is 0. The Morgan fingerprint density at radius 3 is 2.55 bits per heavy atom. The number of aliphatic hydroxyl groups excluding tert-OH is 1. The molecule has 0 aliphatic heterocycles. The van der Waals surface area contributed by atoms with E-state index in [0.717, 1.165) is 0 Å². The maximum absolute atomic E-state index is 10.1. The Labute approximate surface area is 64.0 Å². The normalized spacial score (nSPS) is 15.5. The first-order chi connectivity index (χ1) is 5.06. The molecule has 0 aliphatic rings. The first-order valence-corrected chi connectivity index (χ1v) is 3.17. The highest BCUT2D eigenvalue weighted by molar-refractivity contribution is 5.73. The molecule has 64 valence electrons. The summed E-state index contributed by atoms with van der Waals surface area (Å²) in [6, 6.07) is -0.813. The summed E-state index contributed by atoms with van der Waals surface area (Å²) in [5, 5.41) is 19.3. The summed E-state index contributed by atoms with van der Waals surface area (Å²) < 4.78 is 0. The minimum Gasteiger partial charge on any atom is -0.481 e. The van der Waals surface area contributed by atoms with Crippen LogP contribution >= 0.6 is 0 Å². The summed E-state index contributed by atoms with van der Waals surface area (Å²) in [5.74, 6) is -1.07. The van der Waals surface area contributed by atoms with Crippen LogP contribution in [0.5, 0.6) is 0 Å². The predicted octanol–water partition coefficient (Wildman–Crippen LogP) is -1.04. The molecule has 0 aromatic heterocycles. The van der Waals surface area contributed by atoms with Crippen molar-refractivity contribution < 1.29 is 19.8 Å². The van der Waals surface area contributed by atoms with Crippen molar-refractivity contribution in [3.05, 3.63) is 0 Å². The Morgan fingerprint density at radius 2 is 2.27 bits per heavy atom. The summed E-state index contributed by atoms with van der Waals surface area (Å²) in [6.45, 7) is 1.42. The summed E-state index contributed by atoms with van der Waals surface area (Å²) >= 11 is 0. The van der Waals surface area contributed by atoms with E-state index in [1.807, 2.05) is 0 Å². The highest BCUT2D eigenvalue weighted by Gasteiger charge is 2.12. The van der Waals surface area contributed by atoms with Crippen LogP contribution < -0.4 is 5.32 Å². The number of carbonyl (C=O) groups is 2. The van der Waals surface area contributed by atoms with E-state index >= 15 is 0 Å². The molecular weight excluding hydrogens is 150 g/mol. The van der Waals surface area contributed by atoms with Crippen molar-refractivity contribution >= 4 is 12.3 Å². The molecule has 5 nitrogen and oxygen atoms in total. The third-order valence-corrected chi connectivity index (χ3v) is 1.01. The van der Waals surface area contributed by atoms with Crippen molar-refractivity contribution in [1.82, 2.24) is 5.32 Å². The molecule has 5 heteroatoms. The van der Waals surface area contributed by atoms with Gasteiger partial charge in [0.2, 0.25) is 0 Å². The molecule has 0 saturated carbocycles. The second-order valence-electron chi connectivity index (χ2n) is 2.18. The van der Waals surface area contributed by atoms with Gasteiger partial charge in [-0.05, 0) is 6.92 Å². The van der Waals surface area contributed by atoms with E-state index in [9.17, 15) is 9.59 Å². The van der Waals surface area contributed by atoms with Crippen LogP contribution in [0.4, 0.5) is 0 Å². The van der Waals surface area contributed by atoms with Gasteiger partial charge >= 0.3 is 5.97 Å². The van der Waals surface area contributed by atoms with E-state index < -0.39 is 18.2 Å². The van der Waals surface area contributed by atoms with E-state index in [4.69, 9.17) is 10.2 Å². The number of rotatable bonds is 5. The molecule has 2 atom stereocenters. The van der Waals surface area contributed by atoms with Crippen LogP contribution in [-0.4, -0.2) is 34.7 Å². The largest absolute Gasteiger partial charge is 0.481 e. The maximum Gasteiger partial charge on any atom is 0.305 e. The highest BCUT2D eigenvalue weighted by atomic mass is 16.4. The van der Waals surface area contributed by atoms with Crippen molar-refractivity contribution in [2.24, 2.45) is 0 Å². The lowest BCUT2D eigenvalue weighted by Crippen LogP contribution is -2.38. The number of aldehydes is 1. The Hall–Kier alpha value is -0.940. The summed E-state index contributed by atoms with van der Waals surface area (Å²) in [4.78, 5) is 20.2. The first kappa shape index (κ1) is 10.1. The van der Waals surface area contributed by atoms with Gasteiger partial charge in [-0.15, -0.1) is 0 Å². The van der Waals surface area contributed by atoms with Gasteiger partial charge < -0.3 is 15.0 Å². The van der Waals surface area contributed by atoms with Crippen LogP contribution in [0.2, 0.25) is 0 Å². The quantitative estimate of drug-likeness (QED) is 0.354. The third kappa shape index (κ3) is 5.50. The third-order valence-electron chi connectivity index (χ3n) is 1.01. The van der Waals surface area contributed by atoms with Crippen molar-refractivity contribution in [3.63, 3.8) is 0 Å². The lowest BCUT2D eigenvalue weighted by Gasteiger charge is -2.11. The fourth-order valence-electron chi connectivity index (χ4n) is 0.644. The van der Waals surface area contributed by atoms with Gasteiger partial charge in [-0.25, -0.2) is 0 Å². The zero-order valence-corrected chi connectivity index (χ0v) is 6.15. The van der Waals surface area contributed by atoms with E-state index in [1.165, 1.54) is 6.92 Å². The fourth-order valence-corrected chi connectivity index (χ4v) is 0.644. The Bertz CT molecular complexity index is 146. The van der Waals surface area contributed by atoms with Gasteiger partial charge in [0.05, 0.1) is 12.5 Å². The second-order valence-corrected chi connectivity index (χ2v) is 2.18. The van der Waals surface area contributed by atoms with Crippen LogP contribution in [-0.2, 0) is 9.59 Å². The van der Waals surface area contributed by atoms with Gasteiger partial charge in [-0.3, -0.25) is 10.1 Å². The van der Waals surface area contributed by atoms with Crippen LogP contribution in [0.15, 0.2) is 0 Å². The molecule has 0 saturated heterocycles. The first-order valence-electron chi connectivity index (χ1n) is 3.17. The summed E-state index contributed by atoms with van der Waals surface area (Å²) in [6.07, 6.45) is -0.723. The molecule has 0 aromatic rings. The SMILES string of the molecule is C[C@H](O)N[C@H](C=O)CC(=O)O. The Kier molecular flexibility index (Phi) is 4.40. The average molecular weight is 161 g/mol. The van der Waals surface area contributed by atoms with Crippen LogP contribution in [0.1, 0.15) is 13.3 Å². The number of nitrogens with one attached hydrogen (secondary N) is 1. The summed E-state index contributed by atoms with van der Waals surface area (Å²) in [7, 11) is 0. The maximum atomic E-state index is 10.1. The number of carbonyl (C=O) groups excluding carboxylic acids is 1. The van der Waals surface area contributed by atoms with E-state index in [1.54, 1.807) is 0 Å². The second kappa shape index (κ2) is 4.81. The van der Waals surface area contributed by atoms with E-state index in [-0.39, 0.29) is 6.42 Å². The van der Waals surface area contributed by atoms with Gasteiger partial charge in [0.25, 0.3) is 0 Å². The van der Waals surface area contributed by atoms with Gasteiger partial charge in [-0.1, -0.05) is 0 Å². The molecule has 3 N–H and O–H groups in total. The van der Waals surface area contributed by atoms with Crippen LogP contribution in [0.25, 0.3) is 0 Å². The number of carboxylic acid groups (broad SMARTS) is 1. The Morgan fingerprint density at radius 1 is 1.73 bits per heavy atom. The molecule has 0 fully saturated rings. The average Bonchev–Trinajstić information content (AvgIpc) is 1.84. The topological polar surface area (TPSA) is 86.6 Å². The predicted molar refractivity (Wildman–Crippen MR) is 36.9 cm³/mol. The molecule has 0 unspecified atom stereocenters. The smallest absolute Gasteiger partial charge is 0.305 e. The number of aliphatic hydroxyl groups is 1.